The highest BCUT2D eigenvalue weighted by Crippen LogP contribution is 2.52. The van der Waals surface area contributed by atoms with E-state index in [1.54, 1.807) is 6.07 Å². The molecule has 0 aromatic heterocycles. The monoisotopic (exact) mass is 407 g/mol. The minimum atomic E-state index is -6.05. The smallest absolute Gasteiger partial charge is 0.369 e. The van der Waals surface area contributed by atoms with Crippen LogP contribution in [-0.2, 0) is 10.4 Å². The van der Waals surface area contributed by atoms with Gasteiger partial charge in [-0.05, 0) is 17.7 Å². The van der Waals surface area contributed by atoms with Crippen molar-refractivity contribution < 1.29 is 36.2 Å². The molecule has 0 aliphatic carbocycles. The molecular formula is C19H19F6NO2. The molecule has 154 valence electrons. The molecule has 9 heteroatoms. The fourth-order valence-electron chi connectivity index (χ4n) is 2.80. The summed E-state index contributed by atoms with van der Waals surface area (Å²) in [5, 5.41) is 12.3. The van der Waals surface area contributed by atoms with E-state index in [1.165, 1.54) is 18.2 Å². The lowest BCUT2D eigenvalue weighted by atomic mass is 9.88. The van der Waals surface area contributed by atoms with E-state index >= 15 is 0 Å². The molecule has 0 atom stereocenters. The molecule has 0 saturated carbocycles. The van der Waals surface area contributed by atoms with E-state index in [-0.39, 0.29) is 17.7 Å². The summed E-state index contributed by atoms with van der Waals surface area (Å²) in [4.78, 5) is 12.2. The number of anilines is 1. The average Bonchev–Trinajstić information content (AvgIpc) is 2.57. The van der Waals surface area contributed by atoms with Gasteiger partial charge in [0.2, 0.25) is 5.91 Å². The number of benzene rings is 2. The zero-order chi connectivity index (χ0) is 21.3. The highest BCUT2D eigenvalue weighted by Gasteiger charge is 2.72. The first-order valence-electron chi connectivity index (χ1n) is 8.47. The molecule has 0 saturated heterocycles. The number of carbonyl (C=O) groups is 1. The second-order valence-corrected chi connectivity index (χ2v) is 6.90. The van der Waals surface area contributed by atoms with Gasteiger partial charge in [-0.25, -0.2) is 0 Å². The van der Waals surface area contributed by atoms with Crippen LogP contribution in [-0.4, -0.2) is 23.4 Å². The first kappa shape index (κ1) is 22.0. The van der Waals surface area contributed by atoms with Gasteiger partial charge < -0.3 is 10.4 Å². The van der Waals surface area contributed by atoms with E-state index in [0.717, 1.165) is 6.07 Å². The molecular weight excluding hydrogens is 388 g/mol. The molecule has 3 nitrogen and oxygen atoms in total. The molecule has 2 aromatic carbocycles. The minimum Gasteiger partial charge on any atom is -0.369 e. The molecule has 0 radical (unpaired) electrons. The second-order valence-electron chi connectivity index (χ2n) is 6.90. The number of fused-ring (bicyclic) bond motifs is 1. The summed E-state index contributed by atoms with van der Waals surface area (Å²) < 4.78 is 80.2. The van der Waals surface area contributed by atoms with Gasteiger partial charge in [0.15, 0.2) is 0 Å². The van der Waals surface area contributed by atoms with Crippen molar-refractivity contribution in [2.24, 2.45) is 5.92 Å². The van der Waals surface area contributed by atoms with Gasteiger partial charge in [-0.2, -0.15) is 26.3 Å². The largest absolute Gasteiger partial charge is 0.430 e. The van der Waals surface area contributed by atoms with Crippen LogP contribution in [0.15, 0.2) is 36.4 Å². The zero-order valence-corrected chi connectivity index (χ0v) is 15.1. The first-order chi connectivity index (χ1) is 12.8. The summed E-state index contributed by atoms with van der Waals surface area (Å²) in [6.07, 6.45) is -11.8. The van der Waals surface area contributed by atoms with Gasteiger partial charge in [0.1, 0.15) is 0 Å². The Bertz CT molecular complexity index is 844. The SMILES string of the molecule is CC(C)CCC(=O)Nc1c(C(O)(C(F)(F)F)C(F)(F)F)ccc2ccccc12. The second kappa shape index (κ2) is 7.62. The lowest BCUT2D eigenvalue weighted by Crippen LogP contribution is -2.54. The van der Waals surface area contributed by atoms with Crippen molar-refractivity contribution in [3.8, 4) is 0 Å². The maximum Gasteiger partial charge on any atom is 0.430 e. The van der Waals surface area contributed by atoms with E-state index in [4.69, 9.17) is 0 Å². The summed E-state index contributed by atoms with van der Waals surface area (Å²) in [6.45, 7) is 3.64. The van der Waals surface area contributed by atoms with Gasteiger partial charge >= 0.3 is 12.4 Å². The third kappa shape index (κ3) is 4.09. The maximum atomic E-state index is 13.4. The Kier molecular flexibility index (Phi) is 5.98. The Labute approximate surface area is 157 Å². The molecule has 2 rings (SSSR count). The number of halogens is 6. The first-order valence-corrected chi connectivity index (χ1v) is 8.47. The zero-order valence-electron chi connectivity index (χ0n) is 15.1. The number of nitrogens with one attached hydrogen (secondary N) is 1. The molecule has 28 heavy (non-hydrogen) atoms. The standard InChI is InChI=1S/C19H19F6NO2/c1-11(2)7-10-15(27)26-16-13-6-4-3-5-12(13)8-9-14(16)17(28,18(20,21)22)19(23,24)25/h3-6,8-9,11,28H,7,10H2,1-2H3,(H,26,27). The summed E-state index contributed by atoms with van der Waals surface area (Å²) in [5.74, 6) is -0.627. The molecule has 1 amide bonds. The lowest BCUT2D eigenvalue weighted by molar-refractivity contribution is -0.375. The molecule has 0 heterocycles. The van der Waals surface area contributed by atoms with Crippen LogP contribution < -0.4 is 5.32 Å². The van der Waals surface area contributed by atoms with Crippen molar-refractivity contribution in [1.82, 2.24) is 0 Å². The molecule has 0 aliphatic rings. The number of rotatable bonds is 5. The van der Waals surface area contributed by atoms with Gasteiger partial charge in [0.05, 0.1) is 5.69 Å². The van der Waals surface area contributed by atoms with E-state index in [2.05, 4.69) is 5.32 Å². The van der Waals surface area contributed by atoms with Crippen LogP contribution in [0.2, 0.25) is 0 Å². The molecule has 0 aliphatic heterocycles. The minimum absolute atomic E-state index is 0.0372. The topological polar surface area (TPSA) is 49.3 Å². The van der Waals surface area contributed by atoms with Crippen molar-refractivity contribution >= 4 is 22.4 Å². The molecule has 2 aromatic rings. The van der Waals surface area contributed by atoms with Gasteiger partial charge in [-0.1, -0.05) is 50.2 Å². The van der Waals surface area contributed by atoms with Crippen LogP contribution in [0.5, 0.6) is 0 Å². The van der Waals surface area contributed by atoms with E-state index in [1.807, 2.05) is 13.8 Å². The Morgan fingerprint density at radius 2 is 1.57 bits per heavy atom. The predicted molar refractivity (Wildman–Crippen MR) is 92.7 cm³/mol. The van der Waals surface area contributed by atoms with Crippen molar-refractivity contribution in [1.29, 1.82) is 0 Å². The van der Waals surface area contributed by atoms with Gasteiger partial charge in [0.25, 0.3) is 5.60 Å². The third-order valence-electron chi connectivity index (χ3n) is 4.35. The Balaban J connectivity index is 2.70. The van der Waals surface area contributed by atoms with Crippen LogP contribution >= 0.6 is 0 Å². The van der Waals surface area contributed by atoms with Crippen molar-refractivity contribution in [3.05, 3.63) is 42.0 Å². The summed E-state index contributed by atoms with van der Waals surface area (Å²) in [7, 11) is 0. The summed E-state index contributed by atoms with van der Waals surface area (Å²) in [6, 6.07) is 7.30. The quantitative estimate of drug-likeness (QED) is 0.641. The lowest BCUT2D eigenvalue weighted by Gasteiger charge is -2.34. The number of alkyl halides is 6. The van der Waals surface area contributed by atoms with E-state index in [9.17, 15) is 36.2 Å². The molecule has 0 spiro atoms. The predicted octanol–water partition coefficient (Wildman–Crippen LogP) is 5.53. The normalized spacial score (nSPS) is 13.2. The van der Waals surface area contributed by atoms with Gasteiger partial charge in [-0.3, -0.25) is 4.79 Å². The molecule has 2 N–H and O–H groups in total. The number of carbonyl (C=O) groups excluding carboxylic acids is 1. The highest BCUT2D eigenvalue weighted by atomic mass is 19.4. The van der Waals surface area contributed by atoms with Crippen molar-refractivity contribution in [3.63, 3.8) is 0 Å². The molecule has 0 bridgehead atoms. The van der Waals surface area contributed by atoms with Crippen molar-refractivity contribution in [2.75, 3.05) is 5.32 Å². The summed E-state index contributed by atoms with van der Waals surface area (Å²) >= 11 is 0. The Hall–Kier alpha value is -2.29. The fourth-order valence-corrected chi connectivity index (χ4v) is 2.80. The van der Waals surface area contributed by atoms with Gasteiger partial charge in [0, 0.05) is 17.4 Å². The Morgan fingerprint density at radius 1 is 1.00 bits per heavy atom. The van der Waals surface area contributed by atoms with Crippen LogP contribution in [0.3, 0.4) is 0 Å². The number of amides is 1. The number of aliphatic hydroxyl groups is 1. The molecule has 0 unspecified atom stereocenters. The summed E-state index contributed by atoms with van der Waals surface area (Å²) in [5.41, 5.74) is -7.31. The van der Waals surface area contributed by atoms with E-state index < -0.39 is 35.1 Å². The Morgan fingerprint density at radius 3 is 2.11 bits per heavy atom. The fraction of sp³-hybridized carbons (Fsp3) is 0.421. The van der Waals surface area contributed by atoms with Crippen LogP contribution in [0.4, 0.5) is 32.0 Å². The maximum absolute atomic E-state index is 13.4. The third-order valence-corrected chi connectivity index (χ3v) is 4.35. The van der Waals surface area contributed by atoms with Crippen LogP contribution in [0.1, 0.15) is 32.3 Å². The van der Waals surface area contributed by atoms with Gasteiger partial charge in [-0.15, -0.1) is 0 Å². The number of hydrogen-bond donors (Lipinski definition) is 2. The molecule has 0 fully saturated rings. The van der Waals surface area contributed by atoms with Crippen LogP contribution in [0, 0.1) is 5.92 Å². The number of hydrogen-bond acceptors (Lipinski definition) is 2. The van der Waals surface area contributed by atoms with E-state index in [0.29, 0.717) is 17.9 Å². The van der Waals surface area contributed by atoms with Crippen molar-refractivity contribution in [2.45, 2.75) is 44.6 Å². The van der Waals surface area contributed by atoms with Crippen LogP contribution in [0.25, 0.3) is 10.8 Å². The average molecular weight is 407 g/mol. The highest BCUT2D eigenvalue weighted by molar-refractivity contribution is 6.03.